The maximum Gasteiger partial charge on any atom is 0.416 e. The molecule has 1 aromatic rings. The zero-order chi connectivity index (χ0) is 33.1. The predicted molar refractivity (Wildman–Crippen MR) is 174 cm³/mol. The number of piperidine rings is 1. The third-order valence-electron chi connectivity index (χ3n) is 11.4. The number of ether oxygens (including phenoxy) is 2. The molecule has 3 aliphatic heterocycles. The quantitative estimate of drug-likeness (QED) is 0.364. The van der Waals surface area contributed by atoms with E-state index >= 15 is 0 Å². The molecular formula is C35H56F3N5O3. The molecule has 0 bridgehead atoms. The second-order valence-electron chi connectivity index (χ2n) is 14.8. The number of halogens is 3. The number of hydrogen-bond donors (Lipinski definition) is 1. The van der Waals surface area contributed by atoms with Gasteiger partial charge in [-0.1, -0.05) is 13.8 Å². The molecule has 0 spiro atoms. The fourth-order valence-electron chi connectivity index (χ4n) is 8.21. The molecule has 1 aromatic heterocycles. The van der Waals surface area contributed by atoms with Gasteiger partial charge >= 0.3 is 6.18 Å². The van der Waals surface area contributed by atoms with Gasteiger partial charge < -0.3 is 29.5 Å². The van der Waals surface area contributed by atoms with E-state index in [9.17, 15) is 18.0 Å². The number of carbonyl (C=O) groups excluding carboxylic acids is 1. The number of piperazine rings is 1. The molecular weight excluding hydrogens is 595 g/mol. The van der Waals surface area contributed by atoms with Gasteiger partial charge in [0.25, 0.3) is 0 Å². The number of amides is 1. The first-order chi connectivity index (χ1) is 21.9. The topological polar surface area (TPSA) is 70.2 Å². The van der Waals surface area contributed by atoms with E-state index < -0.39 is 17.2 Å². The molecule has 1 aliphatic carbocycles. The molecule has 1 N–H and O–H groups in total. The lowest BCUT2D eigenvalue weighted by Crippen LogP contribution is -2.55. The number of methoxy groups -OCH3 is 1. The van der Waals surface area contributed by atoms with Gasteiger partial charge in [0.2, 0.25) is 5.91 Å². The summed E-state index contributed by atoms with van der Waals surface area (Å²) in [6.07, 6.45) is 2.59. The normalized spacial score (nSPS) is 28.9. The number of alkyl halides is 3. The van der Waals surface area contributed by atoms with Gasteiger partial charge in [0, 0.05) is 63.7 Å². The van der Waals surface area contributed by atoms with Gasteiger partial charge in [-0.2, -0.15) is 13.2 Å². The number of aromatic nitrogens is 1. The Morgan fingerprint density at radius 3 is 2.41 bits per heavy atom. The summed E-state index contributed by atoms with van der Waals surface area (Å²) in [7, 11) is 1.72. The summed E-state index contributed by atoms with van der Waals surface area (Å²) in [5.74, 6) is 1.26. The Morgan fingerprint density at radius 2 is 1.78 bits per heavy atom. The average Bonchev–Trinajstić information content (AvgIpc) is 3.48. The maximum absolute atomic E-state index is 14.2. The first kappa shape index (κ1) is 35.4. The maximum atomic E-state index is 14.2. The molecule has 3 saturated heterocycles. The molecule has 8 nitrogen and oxygen atoms in total. The number of pyridine rings is 1. The molecule has 5 rings (SSSR count). The molecule has 4 atom stereocenters. The van der Waals surface area contributed by atoms with Crippen molar-refractivity contribution in [2.45, 2.75) is 109 Å². The van der Waals surface area contributed by atoms with Crippen LogP contribution < -0.4 is 10.2 Å². The van der Waals surface area contributed by atoms with Crippen LogP contribution in [0.25, 0.3) is 0 Å². The largest absolute Gasteiger partial charge is 0.416 e. The predicted octanol–water partition coefficient (Wildman–Crippen LogP) is 5.39. The summed E-state index contributed by atoms with van der Waals surface area (Å²) in [6.45, 7) is 14.0. The average molecular weight is 652 g/mol. The van der Waals surface area contributed by atoms with Crippen molar-refractivity contribution in [3.63, 3.8) is 0 Å². The molecule has 4 fully saturated rings. The Hall–Kier alpha value is -1.95. The van der Waals surface area contributed by atoms with E-state index in [4.69, 9.17) is 14.5 Å². The Morgan fingerprint density at radius 1 is 1.07 bits per heavy atom. The zero-order valence-corrected chi connectivity index (χ0v) is 28.6. The van der Waals surface area contributed by atoms with Gasteiger partial charge in [-0.3, -0.25) is 4.79 Å². The van der Waals surface area contributed by atoms with Crippen LogP contribution in [-0.4, -0.2) is 105 Å². The number of hydrogen-bond acceptors (Lipinski definition) is 7. The number of rotatable bonds is 10. The van der Waals surface area contributed by atoms with E-state index in [-0.39, 0.29) is 30.0 Å². The number of aryl methyl sites for hydroxylation is 1. The second kappa shape index (κ2) is 15.1. The van der Waals surface area contributed by atoms with Crippen LogP contribution in [0.3, 0.4) is 0 Å². The van der Waals surface area contributed by atoms with Crippen molar-refractivity contribution in [2.75, 3.05) is 64.5 Å². The van der Waals surface area contributed by atoms with Crippen LogP contribution in [0, 0.1) is 17.3 Å². The van der Waals surface area contributed by atoms with Gasteiger partial charge in [-0.25, -0.2) is 4.98 Å². The van der Waals surface area contributed by atoms with Crippen molar-refractivity contribution < 1.29 is 27.4 Å². The van der Waals surface area contributed by atoms with E-state index in [1.807, 2.05) is 9.80 Å². The van der Waals surface area contributed by atoms with Crippen molar-refractivity contribution in [3.8, 4) is 0 Å². The first-order valence-corrected chi connectivity index (χ1v) is 17.6. The Bertz CT molecular complexity index is 1150. The molecule has 1 saturated carbocycles. The molecule has 4 heterocycles. The van der Waals surface area contributed by atoms with Gasteiger partial charge in [0.1, 0.15) is 5.82 Å². The van der Waals surface area contributed by atoms with E-state index in [1.54, 1.807) is 7.11 Å². The second-order valence-corrected chi connectivity index (χ2v) is 14.8. The summed E-state index contributed by atoms with van der Waals surface area (Å²) in [5.41, 5.74) is -0.567. The van der Waals surface area contributed by atoms with E-state index in [1.165, 1.54) is 12.1 Å². The van der Waals surface area contributed by atoms with Gasteiger partial charge in [-0.15, -0.1) is 0 Å². The molecule has 0 aromatic carbocycles. The number of nitrogens with one attached hydrogen (secondary N) is 1. The van der Waals surface area contributed by atoms with Crippen LogP contribution in [0.4, 0.5) is 19.0 Å². The highest BCUT2D eigenvalue weighted by molar-refractivity contribution is 5.84. The van der Waals surface area contributed by atoms with Crippen molar-refractivity contribution >= 4 is 11.7 Å². The van der Waals surface area contributed by atoms with Crippen LogP contribution >= 0.6 is 0 Å². The zero-order valence-electron chi connectivity index (χ0n) is 28.6. The number of carbonyl (C=O) groups is 1. The number of anilines is 1. The van der Waals surface area contributed by atoms with Crippen molar-refractivity contribution in [1.82, 2.24) is 20.1 Å². The highest BCUT2D eigenvalue weighted by atomic mass is 19.4. The Labute approximate surface area is 273 Å². The van der Waals surface area contributed by atoms with Crippen molar-refractivity contribution in [2.24, 2.45) is 17.3 Å². The van der Waals surface area contributed by atoms with Gasteiger partial charge in [0.15, 0.2) is 0 Å². The highest BCUT2D eigenvalue weighted by Crippen LogP contribution is 2.46. The van der Waals surface area contributed by atoms with Gasteiger partial charge in [0.05, 0.1) is 23.7 Å². The van der Waals surface area contributed by atoms with E-state index in [0.29, 0.717) is 69.3 Å². The van der Waals surface area contributed by atoms with Gasteiger partial charge in [-0.05, 0) is 102 Å². The van der Waals surface area contributed by atoms with E-state index in [2.05, 4.69) is 37.9 Å². The summed E-state index contributed by atoms with van der Waals surface area (Å²) >= 11 is 0. The molecule has 0 radical (unpaired) electrons. The molecule has 4 aliphatic rings. The lowest BCUT2D eigenvalue weighted by Gasteiger charge is -2.42. The summed E-state index contributed by atoms with van der Waals surface area (Å²) in [5, 5.41) is 3.79. The molecule has 0 unspecified atom stereocenters. The van der Waals surface area contributed by atoms with E-state index in [0.717, 1.165) is 58.0 Å². The monoisotopic (exact) mass is 651 g/mol. The minimum Gasteiger partial charge on any atom is -0.379 e. The third kappa shape index (κ3) is 8.18. The standard InChI is InChI=1S/C35H56F3N5O3/c1-24(2)34(12-8-29(22-34)39-30-11-19-46-23-31(30)45-5)33(44)43-17-15-42(16-18-43)32-21-27(35(36,37)38)20-28(40-32)7-6-26-9-13-41(14-10-26)25(3)4/h20-21,24-26,29-31,39H,6-19,22-23H2,1-5H3/t29-,30+,31-,34+/m1/s1. The minimum atomic E-state index is -4.43. The molecule has 260 valence electrons. The van der Waals surface area contributed by atoms with Crippen LogP contribution in [0.15, 0.2) is 12.1 Å². The lowest BCUT2D eigenvalue weighted by atomic mass is 9.74. The van der Waals surface area contributed by atoms with Crippen LogP contribution in [-0.2, 0) is 26.9 Å². The first-order valence-electron chi connectivity index (χ1n) is 17.6. The molecule has 46 heavy (non-hydrogen) atoms. The lowest BCUT2D eigenvalue weighted by molar-refractivity contribution is -0.145. The molecule has 1 amide bonds. The van der Waals surface area contributed by atoms with Crippen LogP contribution in [0.2, 0.25) is 0 Å². The third-order valence-corrected chi connectivity index (χ3v) is 11.4. The minimum absolute atomic E-state index is 0.0134. The van der Waals surface area contributed by atoms with Crippen molar-refractivity contribution in [3.05, 3.63) is 23.4 Å². The van der Waals surface area contributed by atoms with Crippen LogP contribution in [0.1, 0.15) is 83.9 Å². The summed E-state index contributed by atoms with van der Waals surface area (Å²) in [6, 6.07) is 3.41. The van der Waals surface area contributed by atoms with Crippen LogP contribution in [0.5, 0.6) is 0 Å². The number of nitrogens with zero attached hydrogens (tertiary/aromatic N) is 4. The fraction of sp³-hybridized carbons (Fsp3) is 0.829. The number of likely N-dealkylation sites (tertiary alicyclic amines) is 1. The SMILES string of the molecule is CO[C@@H]1COCC[C@@H]1N[C@@H]1CC[C@@](C(=O)N2CCN(c3cc(C(F)(F)F)cc(CCC4CCN(C(C)C)CC4)n3)CC2)(C(C)C)C1. The summed E-state index contributed by atoms with van der Waals surface area (Å²) < 4.78 is 53.2. The Balaban J connectivity index is 1.20. The summed E-state index contributed by atoms with van der Waals surface area (Å²) in [4.78, 5) is 25.3. The highest BCUT2D eigenvalue weighted by Gasteiger charge is 2.50. The van der Waals surface area contributed by atoms with Crippen molar-refractivity contribution in [1.29, 1.82) is 0 Å². The smallest absolute Gasteiger partial charge is 0.379 e. The Kier molecular flexibility index (Phi) is 11.6. The fourth-order valence-corrected chi connectivity index (χ4v) is 8.21. The molecule has 11 heteroatoms.